The minimum absolute atomic E-state index is 0.106. The van der Waals surface area contributed by atoms with Crippen molar-refractivity contribution in [1.82, 2.24) is 0 Å². The van der Waals surface area contributed by atoms with Crippen LogP contribution < -0.4 is 0 Å². The summed E-state index contributed by atoms with van der Waals surface area (Å²) in [7, 11) is -9.88. The van der Waals surface area contributed by atoms with E-state index in [-0.39, 0.29) is 25.7 Å². The molecule has 0 spiro atoms. The van der Waals surface area contributed by atoms with Crippen LogP contribution in [0.1, 0.15) is 342 Å². The van der Waals surface area contributed by atoms with Gasteiger partial charge in [0.1, 0.15) is 19.3 Å². The molecule has 504 valence electrons. The molecule has 0 aliphatic rings. The van der Waals surface area contributed by atoms with E-state index in [0.29, 0.717) is 25.7 Å². The minimum atomic E-state index is -4.94. The van der Waals surface area contributed by atoms with Gasteiger partial charge in [-0.05, 0) is 25.7 Å². The molecule has 0 fully saturated rings. The lowest BCUT2D eigenvalue weighted by molar-refractivity contribution is -0.161. The lowest BCUT2D eigenvalue weighted by atomic mass is 10.0. The molecule has 0 amide bonds. The molecule has 0 rings (SSSR count). The van der Waals surface area contributed by atoms with E-state index in [1.165, 1.54) is 167 Å². The van der Waals surface area contributed by atoms with Crippen molar-refractivity contribution in [3.05, 3.63) is 0 Å². The van der Waals surface area contributed by atoms with Gasteiger partial charge in [0.05, 0.1) is 26.4 Å². The van der Waals surface area contributed by atoms with Gasteiger partial charge in [0.25, 0.3) is 0 Å². The molecule has 0 aromatic rings. The topological polar surface area (TPSA) is 237 Å². The van der Waals surface area contributed by atoms with Crippen LogP contribution in [-0.4, -0.2) is 96.7 Å². The average molecular weight is 1260 g/mol. The van der Waals surface area contributed by atoms with Gasteiger partial charge in [0.2, 0.25) is 0 Å². The number of aliphatic hydroxyl groups is 1. The monoisotopic (exact) mass is 1250 g/mol. The third-order valence-electron chi connectivity index (χ3n) is 15.4. The smallest absolute Gasteiger partial charge is 0.462 e. The van der Waals surface area contributed by atoms with Crippen molar-refractivity contribution in [2.24, 2.45) is 0 Å². The van der Waals surface area contributed by atoms with E-state index >= 15 is 0 Å². The first-order valence-electron chi connectivity index (χ1n) is 34.8. The number of unbranched alkanes of at least 4 members (excludes halogenated alkanes) is 41. The Bertz CT molecular complexity index is 1640. The quantitative estimate of drug-likeness (QED) is 0.0222. The standard InChI is InChI=1S/C66H128O17P2/c1-5-9-13-17-20-23-26-28-30-31-33-35-38-41-45-49-53-66(71)83-62(57-77-64(69)51-47-43-39-37-34-32-29-27-24-21-18-14-10-6-2)59-81-85(74,75)79-55-60(67)54-78-84(72,73)80-58-61(56-76-63(68)50-46-42-16-12-8-4)82-65(70)52-48-44-40-36-25-22-19-15-11-7-3/h60-62,67H,5-59H2,1-4H3,(H,72,73)(H,74,75)/t60-,61+,62+/m0/s1. The minimum Gasteiger partial charge on any atom is -0.462 e. The number of hydrogen-bond acceptors (Lipinski definition) is 15. The number of carbonyl (C=O) groups is 4. The van der Waals surface area contributed by atoms with Crippen LogP contribution in [0.15, 0.2) is 0 Å². The fourth-order valence-electron chi connectivity index (χ4n) is 9.99. The van der Waals surface area contributed by atoms with E-state index < -0.39 is 97.5 Å². The first-order chi connectivity index (χ1) is 41.2. The number of esters is 4. The summed E-state index contributed by atoms with van der Waals surface area (Å²) in [6.45, 7) is 4.83. The van der Waals surface area contributed by atoms with Gasteiger partial charge in [0.15, 0.2) is 12.2 Å². The molecule has 0 radical (unpaired) electrons. The molecule has 3 N–H and O–H groups in total. The number of rotatable bonds is 67. The molecule has 5 atom stereocenters. The average Bonchev–Trinajstić information content (AvgIpc) is 3.52. The zero-order valence-electron chi connectivity index (χ0n) is 54.6. The van der Waals surface area contributed by atoms with Crippen molar-refractivity contribution >= 4 is 39.5 Å². The second-order valence-electron chi connectivity index (χ2n) is 23.9. The molecular weight excluding hydrogens is 1130 g/mol. The Hall–Kier alpha value is -1.94. The molecule has 0 heterocycles. The van der Waals surface area contributed by atoms with E-state index in [1.807, 2.05) is 0 Å². The zero-order chi connectivity index (χ0) is 62.6. The second-order valence-corrected chi connectivity index (χ2v) is 26.8. The highest BCUT2D eigenvalue weighted by atomic mass is 31.2. The van der Waals surface area contributed by atoms with Gasteiger partial charge in [-0.25, -0.2) is 9.13 Å². The molecule has 19 heteroatoms. The lowest BCUT2D eigenvalue weighted by Crippen LogP contribution is -2.30. The number of hydrogen-bond donors (Lipinski definition) is 3. The zero-order valence-corrected chi connectivity index (χ0v) is 56.4. The first-order valence-corrected chi connectivity index (χ1v) is 37.8. The van der Waals surface area contributed by atoms with Crippen molar-refractivity contribution < 1.29 is 80.2 Å². The lowest BCUT2D eigenvalue weighted by Gasteiger charge is -2.21. The molecule has 0 aromatic carbocycles. The Balaban J connectivity index is 5.16. The molecule has 0 saturated heterocycles. The molecule has 0 saturated carbocycles. The second kappa shape index (κ2) is 60.9. The summed E-state index contributed by atoms with van der Waals surface area (Å²) in [5.41, 5.74) is 0. The summed E-state index contributed by atoms with van der Waals surface area (Å²) >= 11 is 0. The molecular formula is C66H128O17P2. The fraction of sp³-hybridized carbons (Fsp3) is 0.939. The Kier molecular flexibility index (Phi) is 59.6. The Morgan fingerprint density at radius 1 is 0.282 bits per heavy atom. The van der Waals surface area contributed by atoms with E-state index in [1.54, 1.807) is 0 Å². The van der Waals surface area contributed by atoms with Crippen molar-refractivity contribution in [3.63, 3.8) is 0 Å². The maximum absolute atomic E-state index is 13.0. The van der Waals surface area contributed by atoms with Gasteiger partial charge in [-0.15, -0.1) is 0 Å². The third-order valence-corrected chi connectivity index (χ3v) is 17.3. The SMILES string of the molecule is CCCCCCCCCCCCCCCCCCC(=O)O[C@H](COC(=O)CCCCCCCCCCCCCCCC)COP(=O)(O)OC[C@@H](O)COP(=O)(O)OC[C@@H](COC(=O)CCCCCCC)OC(=O)CCCCCCCCCCCC. The number of aliphatic hydroxyl groups excluding tert-OH is 1. The van der Waals surface area contributed by atoms with Crippen LogP contribution in [0.2, 0.25) is 0 Å². The van der Waals surface area contributed by atoms with E-state index in [0.717, 1.165) is 96.3 Å². The summed E-state index contributed by atoms with van der Waals surface area (Å²) in [5, 5.41) is 10.5. The van der Waals surface area contributed by atoms with Crippen molar-refractivity contribution in [3.8, 4) is 0 Å². The Morgan fingerprint density at radius 2 is 0.471 bits per heavy atom. The van der Waals surface area contributed by atoms with E-state index in [4.69, 9.17) is 37.0 Å². The van der Waals surface area contributed by atoms with Gasteiger partial charge in [-0.3, -0.25) is 37.3 Å². The van der Waals surface area contributed by atoms with Crippen LogP contribution in [0.4, 0.5) is 0 Å². The van der Waals surface area contributed by atoms with Gasteiger partial charge in [-0.1, -0.05) is 291 Å². The highest BCUT2D eigenvalue weighted by Crippen LogP contribution is 2.45. The fourth-order valence-corrected chi connectivity index (χ4v) is 11.6. The first kappa shape index (κ1) is 83.1. The molecule has 0 bridgehead atoms. The van der Waals surface area contributed by atoms with Crippen molar-refractivity contribution in [2.75, 3.05) is 39.6 Å². The number of phosphoric ester groups is 2. The van der Waals surface area contributed by atoms with Crippen molar-refractivity contribution in [1.29, 1.82) is 0 Å². The predicted octanol–water partition coefficient (Wildman–Crippen LogP) is 18.7. The summed E-state index contributed by atoms with van der Waals surface area (Å²) in [4.78, 5) is 72.1. The highest BCUT2D eigenvalue weighted by molar-refractivity contribution is 7.47. The summed E-state index contributed by atoms with van der Waals surface area (Å²) in [6, 6.07) is 0. The third kappa shape index (κ3) is 60.7. The van der Waals surface area contributed by atoms with Crippen LogP contribution >= 0.6 is 15.6 Å². The summed E-state index contributed by atoms with van der Waals surface area (Å²) in [6.07, 6.45) is 47.5. The largest absolute Gasteiger partial charge is 0.472 e. The van der Waals surface area contributed by atoms with Gasteiger partial charge in [0, 0.05) is 25.7 Å². The van der Waals surface area contributed by atoms with Crippen LogP contribution in [-0.2, 0) is 65.4 Å². The molecule has 85 heavy (non-hydrogen) atoms. The van der Waals surface area contributed by atoms with Crippen LogP contribution in [0, 0.1) is 0 Å². The number of phosphoric acid groups is 2. The summed E-state index contributed by atoms with van der Waals surface area (Å²) in [5.74, 6) is -2.14. The number of ether oxygens (including phenoxy) is 4. The normalized spacial score (nSPS) is 14.1. The van der Waals surface area contributed by atoms with Gasteiger partial charge in [-0.2, -0.15) is 0 Å². The maximum Gasteiger partial charge on any atom is 0.472 e. The Labute approximate surface area is 517 Å². The Morgan fingerprint density at radius 3 is 0.694 bits per heavy atom. The molecule has 2 unspecified atom stereocenters. The highest BCUT2D eigenvalue weighted by Gasteiger charge is 2.30. The van der Waals surface area contributed by atoms with E-state index in [2.05, 4.69) is 27.7 Å². The maximum atomic E-state index is 13.0. The molecule has 17 nitrogen and oxygen atoms in total. The van der Waals surface area contributed by atoms with Gasteiger partial charge < -0.3 is 33.8 Å². The molecule has 0 aromatic heterocycles. The van der Waals surface area contributed by atoms with Crippen molar-refractivity contribution in [2.45, 2.75) is 361 Å². The number of carbonyl (C=O) groups excluding carboxylic acids is 4. The molecule has 0 aliphatic carbocycles. The van der Waals surface area contributed by atoms with Crippen LogP contribution in [0.3, 0.4) is 0 Å². The molecule has 0 aliphatic heterocycles. The van der Waals surface area contributed by atoms with Gasteiger partial charge >= 0.3 is 39.5 Å². The van der Waals surface area contributed by atoms with Crippen LogP contribution in [0.5, 0.6) is 0 Å². The predicted molar refractivity (Wildman–Crippen MR) is 340 cm³/mol. The summed E-state index contributed by atoms with van der Waals surface area (Å²) < 4.78 is 67.9. The van der Waals surface area contributed by atoms with E-state index in [9.17, 15) is 43.2 Å². The van der Waals surface area contributed by atoms with Crippen LogP contribution in [0.25, 0.3) is 0 Å².